The van der Waals surface area contributed by atoms with Crippen molar-refractivity contribution >= 4 is 5.97 Å². The highest BCUT2D eigenvalue weighted by Gasteiger charge is 2.52. The van der Waals surface area contributed by atoms with Crippen LogP contribution in [-0.4, -0.2) is 11.6 Å². The molecular formula is C10H15NO2. The number of hydrogen-bond donors (Lipinski definition) is 0. The first-order valence-corrected chi connectivity index (χ1v) is 4.50. The smallest absolute Gasteiger partial charge is 0.313 e. The molecule has 1 aliphatic carbocycles. The van der Waals surface area contributed by atoms with E-state index < -0.39 is 11.0 Å². The number of ether oxygens (including phenoxy) is 1. The Morgan fingerprint density at radius 2 is 2.08 bits per heavy atom. The minimum atomic E-state index is -0.456. The van der Waals surface area contributed by atoms with Gasteiger partial charge in [0.25, 0.3) is 0 Å². The molecule has 0 N–H and O–H groups in total. The van der Waals surface area contributed by atoms with E-state index in [1.165, 1.54) is 0 Å². The molecule has 0 aromatic heterocycles. The van der Waals surface area contributed by atoms with E-state index in [1.54, 1.807) is 0 Å². The lowest BCUT2D eigenvalue weighted by atomic mass is 10.0. The molecule has 13 heavy (non-hydrogen) atoms. The summed E-state index contributed by atoms with van der Waals surface area (Å²) in [5.74, 6) is -0.207. The van der Waals surface area contributed by atoms with E-state index in [1.807, 2.05) is 26.8 Å². The Balaban J connectivity index is 2.54. The SMILES string of the molecule is CC(C)(C)OC(=O)C1(CC#N)CC1. The monoisotopic (exact) mass is 181 g/mol. The molecule has 0 unspecified atom stereocenters. The van der Waals surface area contributed by atoms with Crippen LogP contribution in [0.1, 0.15) is 40.0 Å². The zero-order valence-corrected chi connectivity index (χ0v) is 8.39. The van der Waals surface area contributed by atoms with Crippen LogP contribution in [0.15, 0.2) is 0 Å². The molecule has 0 bridgehead atoms. The third-order valence-corrected chi connectivity index (χ3v) is 2.10. The quantitative estimate of drug-likeness (QED) is 0.612. The second-order valence-corrected chi connectivity index (χ2v) is 4.62. The number of nitriles is 1. The van der Waals surface area contributed by atoms with Crippen molar-refractivity contribution < 1.29 is 9.53 Å². The molecule has 0 aromatic carbocycles. The van der Waals surface area contributed by atoms with Gasteiger partial charge in [-0.3, -0.25) is 4.79 Å². The summed E-state index contributed by atoms with van der Waals surface area (Å²) in [4.78, 5) is 11.6. The molecule has 1 saturated carbocycles. The Labute approximate surface area is 78.7 Å². The highest BCUT2D eigenvalue weighted by atomic mass is 16.6. The fraction of sp³-hybridized carbons (Fsp3) is 0.800. The highest BCUT2D eigenvalue weighted by molar-refractivity contribution is 5.80. The average molecular weight is 181 g/mol. The van der Waals surface area contributed by atoms with E-state index in [-0.39, 0.29) is 5.97 Å². The van der Waals surface area contributed by atoms with Crippen molar-refractivity contribution in [3.63, 3.8) is 0 Å². The van der Waals surface area contributed by atoms with Crippen LogP contribution in [0.25, 0.3) is 0 Å². The minimum absolute atomic E-state index is 0.207. The zero-order chi connectivity index (χ0) is 10.1. The predicted octanol–water partition coefficient (Wildman–Crippen LogP) is 2.02. The Kier molecular flexibility index (Phi) is 2.34. The van der Waals surface area contributed by atoms with E-state index in [9.17, 15) is 4.79 Å². The topological polar surface area (TPSA) is 50.1 Å². The van der Waals surface area contributed by atoms with Gasteiger partial charge in [-0.25, -0.2) is 0 Å². The highest BCUT2D eigenvalue weighted by Crippen LogP contribution is 2.50. The number of carbonyl (C=O) groups excluding carboxylic acids is 1. The fourth-order valence-corrected chi connectivity index (χ4v) is 1.14. The standard InChI is InChI=1S/C10H15NO2/c1-9(2,3)13-8(12)10(4-5-10)6-7-11/h4-6H2,1-3H3. The van der Waals surface area contributed by atoms with Crippen molar-refractivity contribution in [2.24, 2.45) is 5.41 Å². The lowest BCUT2D eigenvalue weighted by molar-refractivity contribution is -0.161. The van der Waals surface area contributed by atoms with Gasteiger partial charge in [-0.05, 0) is 33.6 Å². The number of esters is 1. The van der Waals surface area contributed by atoms with Gasteiger partial charge in [-0.15, -0.1) is 0 Å². The van der Waals surface area contributed by atoms with Crippen LogP contribution in [-0.2, 0) is 9.53 Å². The van der Waals surface area contributed by atoms with Gasteiger partial charge < -0.3 is 4.74 Å². The van der Waals surface area contributed by atoms with Gasteiger partial charge in [-0.2, -0.15) is 5.26 Å². The van der Waals surface area contributed by atoms with Crippen molar-refractivity contribution in [3.05, 3.63) is 0 Å². The minimum Gasteiger partial charge on any atom is -0.460 e. The lowest BCUT2D eigenvalue weighted by Gasteiger charge is -2.22. The van der Waals surface area contributed by atoms with E-state index >= 15 is 0 Å². The molecule has 0 radical (unpaired) electrons. The third-order valence-electron chi connectivity index (χ3n) is 2.10. The summed E-state index contributed by atoms with van der Waals surface area (Å²) in [6.45, 7) is 5.52. The van der Waals surface area contributed by atoms with Gasteiger partial charge in [-0.1, -0.05) is 0 Å². The van der Waals surface area contributed by atoms with Crippen LogP contribution in [0.4, 0.5) is 0 Å². The van der Waals surface area contributed by atoms with Crippen molar-refractivity contribution in [3.8, 4) is 6.07 Å². The number of rotatable bonds is 2. The Bertz CT molecular complexity index is 253. The van der Waals surface area contributed by atoms with Gasteiger partial charge >= 0.3 is 5.97 Å². The summed E-state index contributed by atoms with van der Waals surface area (Å²) >= 11 is 0. The van der Waals surface area contributed by atoms with Crippen LogP contribution in [0, 0.1) is 16.7 Å². The van der Waals surface area contributed by atoms with E-state index in [4.69, 9.17) is 10.00 Å². The molecule has 72 valence electrons. The van der Waals surface area contributed by atoms with Crippen molar-refractivity contribution in [1.29, 1.82) is 5.26 Å². The van der Waals surface area contributed by atoms with Gasteiger partial charge in [0, 0.05) is 0 Å². The van der Waals surface area contributed by atoms with E-state index in [0.29, 0.717) is 6.42 Å². The second kappa shape index (κ2) is 3.02. The summed E-state index contributed by atoms with van der Waals surface area (Å²) in [6, 6.07) is 2.04. The van der Waals surface area contributed by atoms with Gasteiger partial charge in [0.1, 0.15) is 5.60 Å². The molecule has 1 rings (SSSR count). The Hall–Kier alpha value is -1.04. The van der Waals surface area contributed by atoms with Crippen LogP contribution in [0.5, 0.6) is 0 Å². The lowest BCUT2D eigenvalue weighted by Crippen LogP contribution is -2.29. The zero-order valence-electron chi connectivity index (χ0n) is 8.39. The van der Waals surface area contributed by atoms with Gasteiger partial charge in [0.05, 0.1) is 17.9 Å². The first-order valence-electron chi connectivity index (χ1n) is 4.50. The van der Waals surface area contributed by atoms with Crippen LogP contribution in [0.2, 0.25) is 0 Å². The largest absolute Gasteiger partial charge is 0.460 e. The first kappa shape index (κ1) is 10.0. The maximum absolute atomic E-state index is 11.6. The molecule has 0 spiro atoms. The van der Waals surface area contributed by atoms with Crippen LogP contribution >= 0.6 is 0 Å². The molecule has 0 aromatic rings. The van der Waals surface area contributed by atoms with Crippen LogP contribution < -0.4 is 0 Å². The number of hydrogen-bond acceptors (Lipinski definition) is 3. The summed E-state index contributed by atoms with van der Waals surface area (Å²) in [7, 11) is 0. The van der Waals surface area contributed by atoms with Gasteiger partial charge in [0.2, 0.25) is 0 Å². The maximum Gasteiger partial charge on any atom is 0.313 e. The van der Waals surface area contributed by atoms with Crippen molar-refractivity contribution in [1.82, 2.24) is 0 Å². The van der Waals surface area contributed by atoms with E-state index in [2.05, 4.69) is 0 Å². The molecule has 1 fully saturated rings. The molecule has 0 heterocycles. The summed E-state index contributed by atoms with van der Waals surface area (Å²) in [5.41, 5.74) is -0.899. The molecule has 3 heteroatoms. The summed E-state index contributed by atoms with van der Waals surface area (Å²) in [5, 5.41) is 8.53. The fourth-order valence-electron chi connectivity index (χ4n) is 1.14. The predicted molar refractivity (Wildman–Crippen MR) is 47.7 cm³/mol. The second-order valence-electron chi connectivity index (χ2n) is 4.62. The molecular weight excluding hydrogens is 166 g/mol. The first-order chi connectivity index (χ1) is 5.90. The molecule has 0 aliphatic heterocycles. The van der Waals surface area contributed by atoms with Crippen LogP contribution in [0.3, 0.4) is 0 Å². The number of carbonyl (C=O) groups is 1. The number of nitrogens with zero attached hydrogens (tertiary/aromatic N) is 1. The molecule has 1 aliphatic rings. The molecule has 0 atom stereocenters. The molecule has 0 saturated heterocycles. The van der Waals surface area contributed by atoms with Gasteiger partial charge in [0.15, 0.2) is 0 Å². The normalized spacial score (nSPS) is 18.9. The van der Waals surface area contributed by atoms with E-state index in [0.717, 1.165) is 12.8 Å². The Morgan fingerprint density at radius 1 is 1.54 bits per heavy atom. The third kappa shape index (κ3) is 2.45. The molecule has 0 amide bonds. The van der Waals surface area contributed by atoms with Crippen molar-refractivity contribution in [2.75, 3.05) is 0 Å². The summed E-state index contributed by atoms with van der Waals surface area (Å²) < 4.78 is 5.23. The maximum atomic E-state index is 11.6. The Morgan fingerprint density at radius 3 is 2.38 bits per heavy atom. The van der Waals surface area contributed by atoms with Crippen molar-refractivity contribution in [2.45, 2.75) is 45.6 Å². The average Bonchev–Trinajstić information content (AvgIpc) is 2.66. The molecule has 3 nitrogen and oxygen atoms in total. The summed E-state index contributed by atoms with van der Waals surface area (Å²) in [6.07, 6.45) is 1.90.